The molecule has 0 saturated heterocycles. The predicted molar refractivity (Wildman–Crippen MR) is 105 cm³/mol. The van der Waals surface area contributed by atoms with E-state index >= 15 is 0 Å². The summed E-state index contributed by atoms with van der Waals surface area (Å²) in [5.41, 5.74) is 3.27. The lowest BCUT2D eigenvalue weighted by atomic mass is 10.2. The largest absolute Gasteiger partial charge is 0.385 e. The van der Waals surface area contributed by atoms with Crippen LogP contribution < -0.4 is 10.6 Å². The van der Waals surface area contributed by atoms with E-state index in [-0.39, 0.29) is 5.91 Å². The van der Waals surface area contributed by atoms with Crippen molar-refractivity contribution in [2.24, 2.45) is 0 Å². The Morgan fingerprint density at radius 1 is 1.12 bits per heavy atom. The van der Waals surface area contributed by atoms with Gasteiger partial charge in [0.15, 0.2) is 0 Å². The van der Waals surface area contributed by atoms with Gasteiger partial charge in [0.2, 0.25) is 0 Å². The highest BCUT2D eigenvalue weighted by Crippen LogP contribution is 2.17. The van der Waals surface area contributed by atoms with Gasteiger partial charge in [-0.05, 0) is 43.7 Å². The molecule has 0 saturated carbocycles. The van der Waals surface area contributed by atoms with Crippen molar-refractivity contribution in [1.82, 2.24) is 15.1 Å². The second-order valence-corrected chi connectivity index (χ2v) is 6.37. The van der Waals surface area contributed by atoms with Crippen molar-refractivity contribution in [2.45, 2.75) is 13.3 Å². The molecule has 26 heavy (non-hydrogen) atoms. The number of nitrogens with zero attached hydrogens (tertiary/aromatic N) is 2. The predicted octanol–water partition coefficient (Wildman–Crippen LogP) is 4.07. The summed E-state index contributed by atoms with van der Waals surface area (Å²) < 4.78 is 1.72. The van der Waals surface area contributed by atoms with Crippen LogP contribution in [-0.2, 0) is 0 Å². The molecule has 3 aromatic rings. The van der Waals surface area contributed by atoms with Gasteiger partial charge in [0.1, 0.15) is 0 Å². The van der Waals surface area contributed by atoms with Crippen LogP contribution in [0.1, 0.15) is 22.5 Å². The molecule has 0 unspecified atom stereocenters. The highest BCUT2D eigenvalue weighted by Gasteiger charge is 2.14. The number of hydrogen-bond acceptors (Lipinski definition) is 3. The van der Waals surface area contributed by atoms with Gasteiger partial charge < -0.3 is 10.6 Å². The molecule has 1 heterocycles. The molecule has 0 atom stereocenters. The van der Waals surface area contributed by atoms with Crippen molar-refractivity contribution in [2.75, 3.05) is 18.4 Å². The maximum absolute atomic E-state index is 12.4. The van der Waals surface area contributed by atoms with E-state index in [0.29, 0.717) is 17.1 Å². The van der Waals surface area contributed by atoms with Crippen molar-refractivity contribution in [1.29, 1.82) is 0 Å². The minimum Gasteiger partial charge on any atom is -0.385 e. The third-order valence-electron chi connectivity index (χ3n) is 4.05. The van der Waals surface area contributed by atoms with Crippen molar-refractivity contribution >= 4 is 23.2 Å². The quantitative estimate of drug-likeness (QED) is 0.618. The number of para-hydroxylation sites is 1. The molecule has 0 radical (unpaired) electrons. The third-order valence-corrected chi connectivity index (χ3v) is 4.28. The molecule has 1 amide bonds. The fraction of sp³-hybridized carbons (Fsp3) is 0.200. The van der Waals surface area contributed by atoms with Gasteiger partial charge in [0.25, 0.3) is 5.91 Å². The number of carbonyl (C=O) groups excluding carboxylic acids is 1. The van der Waals surface area contributed by atoms with E-state index < -0.39 is 0 Å². The third kappa shape index (κ3) is 4.43. The molecule has 0 bridgehead atoms. The molecule has 0 aliphatic carbocycles. The normalized spacial score (nSPS) is 10.5. The van der Waals surface area contributed by atoms with Gasteiger partial charge >= 0.3 is 0 Å². The highest BCUT2D eigenvalue weighted by molar-refractivity contribution is 6.30. The van der Waals surface area contributed by atoms with E-state index in [9.17, 15) is 4.79 Å². The van der Waals surface area contributed by atoms with Crippen molar-refractivity contribution < 1.29 is 4.79 Å². The number of amides is 1. The standard InChI is InChI=1S/C20H21ClN4O/c1-15-19(14-24-25(15)18-10-5-7-16(21)13-18)20(26)23-12-6-11-22-17-8-3-2-4-9-17/h2-5,7-10,13-14,22H,6,11-12H2,1H3,(H,23,26). The van der Waals surface area contributed by atoms with Crippen molar-refractivity contribution in [3.05, 3.63) is 77.1 Å². The minimum absolute atomic E-state index is 0.115. The average Bonchev–Trinajstić information content (AvgIpc) is 3.04. The molecule has 134 valence electrons. The van der Waals surface area contributed by atoms with Gasteiger partial charge in [-0.3, -0.25) is 4.79 Å². The van der Waals surface area contributed by atoms with Crippen LogP contribution in [0.15, 0.2) is 60.8 Å². The Hall–Kier alpha value is -2.79. The number of aromatic nitrogens is 2. The summed E-state index contributed by atoms with van der Waals surface area (Å²) in [5, 5.41) is 11.2. The van der Waals surface area contributed by atoms with Gasteiger partial charge in [-0.15, -0.1) is 0 Å². The zero-order chi connectivity index (χ0) is 18.4. The lowest BCUT2D eigenvalue weighted by Crippen LogP contribution is -2.26. The summed E-state index contributed by atoms with van der Waals surface area (Å²) in [6, 6.07) is 17.4. The van der Waals surface area contributed by atoms with Crippen LogP contribution in [0.25, 0.3) is 5.69 Å². The fourth-order valence-corrected chi connectivity index (χ4v) is 2.86. The SMILES string of the molecule is Cc1c(C(=O)NCCCNc2ccccc2)cnn1-c1cccc(Cl)c1. The maximum Gasteiger partial charge on any atom is 0.254 e. The number of benzene rings is 2. The Morgan fingerprint density at radius 3 is 2.69 bits per heavy atom. The number of anilines is 1. The molecule has 6 heteroatoms. The smallest absolute Gasteiger partial charge is 0.254 e. The summed E-state index contributed by atoms with van der Waals surface area (Å²) in [7, 11) is 0. The number of hydrogen-bond donors (Lipinski definition) is 2. The van der Waals surface area contributed by atoms with Crippen LogP contribution in [0.4, 0.5) is 5.69 Å². The van der Waals surface area contributed by atoms with Gasteiger partial charge in [0, 0.05) is 23.8 Å². The second-order valence-electron chi connectivity index (χ2n) is 5.94. The monoisotopic (exact) mass is 368 g/mol. The molecule has 0 aliphatic rings. The van der Waals surface area contributed by atoms with Crippen molar-refractivity contribution in [3.8, 4) is 5.69 Å². The molecule has 5 nitrogen and oxygen atoms in total. The van der Waals surface area contributed by atoms with Crippen LogP contribution in [0, 0.1) is 6.92 Å². The molecule has 0 spiro atoms. The van der Waals surface area contributed by atoms with Gasteiger partial charge in [-0.2, -0.15) is 5.10 Å². The van der Waals surface area contributed by atoms with Gasteiger partial charge in [-0.1, -0.05) is 35.9 Å². The van der Waals surface area contributed by atoms with E-state index in [2.05, 4.69) is 15.7 Å². The Bertz CT molecular complexity index is 877. The van der Waals surface area contributed by atoms with E-state index in [1.807, 2.05) is 55.5 Å². The van der Waals surface area contributed by atoms with E-state index in [4.69, 9.17) is 11.6 Å². The molecule has 1 aromatic heterocycles. The van der Waals surface area contributed by atoms with Gasteiger partial charge in [0.05, 0.1) is 23.1 Å². The number of carbonyl (C=O) groups is 1. The van der Waals surface area contributed by atoms with Gasteiger partial charge in [-0.25, -0.2) is 4.68 Å². The summed E-state index contributed by atoms with van der Waals surface area (Å²) in [5.74, 6) is -0.115. The lowest BCUT2D eigenvalue weighted by Gasteiger charge is -2.08. The summed E-state index contributed by atoms with van der Waals surface area (Å²) >= 11 is 6.03. The summed E-state index contributed by atoms with van der Waals surface area (Å²) in [6.45, 7) is 3.27. The molecule has 2 N–H and O–H groups in total. The number of halogens is 1. The zero-order valence-electron chi connectivity index (χ0n) is 14.6. The molecule has 3 rings (SSSR count). The van der Waals surface area contributed by atoms with Crippen LogP contribution in [0.3, 0.4) is 0 Å². The fourth-order valence-electron chi connectivity index (χ4n) is 2.67. The number of rotatable bonds is 7. The second kappa shape index (κ2) is 8.54. The zero-order valence-corrected chi connectivity index (χ0v) is 15.3. The average molecular weight is 369 g/mol. The van der Waals surface area contributed by atoms with Crippen LogP contribution in [0.2, 0.25) is 5.02 Å². The topological polar surface area (TPSA) is 59.0 Å². The van der Waals surface area contributed by atoms with Crippen LogP contribution in [-0.4, -0.2) is 28.8 Å². The van der Waals surface area contributed by atoms with Crippen LogP contribution >= 0.6 is 11.6 Å². The highest BCUT2D eigenvalue weighted by atomic mass is 35.5. The Morgan fingerprint density at radius 2 is 1.92 bits per heavy atom. The Labute approximate surface area is 158 Å². The molecule has 0 aliphatic heterocycles. The maximum atomic E-state index is 12.4. The Kier molecular flexibility index (Phi) is 5.92. The van der Waals surface area contributed by atoms with Crippen molar-refractivity contribution in [3.63, 3.8) is 0 Å². The van der Waals surface area contributed by atoms with E-state index in [1.165, 1.54) is 0 Å². The first-order valence-electron chi connectivity index (χ1n) is 8.53. The minimum atomic E-state index is -0.115. The number of nitrogens with one attached hydrogen (secondary N) is 2. The molecular formula is C20H21ClN4O. The first-order chi connectivity index (χ1) is 12.6. The van der Waals surface area contributed by atoms with E-state index in [1.54, 1.807) is 16.9 Å². The molecular weight excluding hydrogens is 348 g/mol. The van der Waals surface area contributed by atoms with E-state index in [0.717, 1.165) is 30.0 Å². The Balaban J connectivity index is 1.52. The summed E-state index contributed by atoms with van der Waals surface area (Å²) in [4.78, 5) is 12.4. The molecule has 0 fully saturated rings. The van der Waals surface area contributed by atoms with Crippen LogP contribution in [0.5, 0.6) is 0 Å². The summed E-state index contributed by atoms with van der Waals surface area (Å²) in [6.07, 6.45) is 2.43. The molecule has 2 aromatic carbocycles. The lowest BCUT2D eigenvalue weighted by molar-refractivity contribution is 0.0953. The first kappa shape index (κ1) is 18.0. The first-order valence-corrected chi connectivity index (χ1v) is 8.90.